The van der Waals surface area contributed by atoms with E-state index in [2.05, 4.69) is 6.58 Å². The normalized spacial score (nSPS) is 31.7. The van der Waals surface area contributed by atoms with Crippen LogP contribution < -0.4 is 0 Å². The highest BCUT2D eigenvalue weighted by atomic mass is 19.4. The molecule has 2 aliphatic rings. The van der Waals surface area contributed by atoms with Gasteiger partial charge in [0.25, 0.3) is 0 Å². The first-order valence-electron chi connectivity index (χ1n) is 8.19. The number of carbonyl (C=O) groups is 1. The molecule has 0 amide bonds. The van der Waals surface area contributed by atoms with Crippen LogP contribution in [0.1, 0.15) is 40.5 Å². The van der Waals surface area contributed by atoms with Crippen LogP contribution in [-0.4, -0.2) is 53.4 Å². The van der Waals surface area contributed by atoms with Gasteiger partial charge in [0.05, 0.1) is 24.4 Å². The smallest absolute Gasteiger partial charge is 0.419 e. The Kier molecular flexibility index (Phi) is 5.29. The summed E-state index contributed by atoms with van der Waals surface area (Å²) in [5.41, 5.74) is -3.53. The fourth-order valence-corrected chi connectivity index (χ4v) is 3.23. The van der Waals surface area contributed by atoms with Crippen LogP contribution in [0.3, 0.4) is 0 Å². The first-order valence-corrected chi connectivity index (χ1v) is 8.19. The lowest BCUT2D eigenvalue weighted by Crippen LogP contribution is -2.51. The van der Waals surface area contributed by atoms with Crippen molar-refractivity contribution < 1.29 is 37.3 Å². The minimum absolute atomic E-state index is 0.152. The van der Waals surface area contributed by atoms with Gasteiger partial charge in [-0.15, -0.1) is 0 Å². The van der Waals surface area contributed by atoms with Gasteiger partial charge in [-0.1, -0.05) is 6.58 Å². The highest BCUT2D eigenvalue weighted by Gasteiger charge is 2.56. The number of carbonyl (C=O) groups excluding carboxylic acids is 1. The molecule has 0 aromatic rings. The van der Waals surface area contributed by atoms with E-state index in [4.69, 9.17) is 14.2 Å². The van der Waals surface area contributed by atoms with Gasteiger partial charge in [0.2, 0.25) is 0 Å². The van der Waals surface area contributed by atoms with Crippen molar-refractivity contribution in [2.24, 2.45) is 5.92 Å². The summed E-state index contributed by atoms with van der Waals surface area (Å²) in [6.07, 6.45) is -4.73. The summed E-state index contributed by atoms with van der Waals surface area (Å²) in [6.45, 7) is 8.29. The SMILES string of the molecule is C=C(C)C(=O)OC1CC2OC1CC2C(C)(C)OCC(C)(O)C(F)(F)F. The topological polar surface area (TPSA) is 65.0 Å². The van der Waals surface area contributed by atoms with Gasteiger partial charge in [-0.3, -0.25) is 0 Å². The van der Waals surface area contributed by atoms with E-state index in [9.17, 15) is 23.1 Å². The molecule has 2 aliphatic heterocycles. The van der Waals surface area contributed by atoms with Crippen LogP contribution in [-0.2, 0) is 19.0 Å². The molecule has 8 heteroatoms. The lowest BCUT2D eigenvalue weighted by Gasteiger charge is -2.39. The average molecular weight is 366 g/mol. The van der Waals surface area contributed by atoms with E-state index in [1.165, 1.54) is 0 Å². The summed E-state index contributed by atoms with van der Waals surface area (Å²) in [7, 11) is 0. The maximum Gasteiger partial charge on any atom is 0.419 e. The molecule has 2 bridgehead atoms. The van der Waals surface area contributed by atoms with E-state index in [0.717, 1.165) is 0 Å². The number of esters is 1. The van der Waals surface area contributed by atoms with Crippen molar-refractivity contribution in [3.63, 3.8) is 0 Å². The van der Waals surface area contributed by atoms with Crippen LogP contribution in [0.4, 0.5) is 13.2 Å². The Morgan fingerprint density at radius 3 is 2.28 bits per heavy atom. The fraction of sp³-hybridized carbons (Fsp3) is 0.824. The molecule has 5 unspecified atom stereocenters. The zero-order valence-electron chi connectivity index (χ0n) is 14.9. The monoisotopic (exact) mass is 366 g/mol. The van der Waals surface area contributed by atoms with E-state index < -0.39 is 30.0 Å². The van der Waals surface area contributed by atoms with Crippen molar-refractivity contribution >= 4 is 5.97 Å². The van der Waals surface area contributed by atoms with E-state index in [1.807, 2.05) is 0 Å². The Labute approximate surface area is 145 Å². The number of alkyl halides is 3. The summed E-state index contributed by atoms with van der Waals surface area (Å²) in [5, 5.41) is 9.54. The minimum Gasteiger partial charge on any atom is -0.456 e. The van der Waals surface area contributed by atoms with Crippen LogP contribution in [0.25, 0.3) is 0 Å². The Balaban J connectivity index is 1.94. The third-order valence-electron chi connectivity index (χ3n) is 5.00. The maximum absolute atomic E-state index is 12.8. The zero-order valence-corrected chi connectivity index (χ0v) is 14.9. The number of aliphatic hydroxyl groups is 1. The van der Waals surface area contributed by atoms with Crippen molar-refractivity contribution in [3.05, 3.63) is 12.2 Å². The van der Waals surface area contributed by atoms with Gasteiger partial charge in [-0.25, -0.2) is 4.79 Å². The molecular formula is C17H25F3O5. The summed E-state index contributed by atoms with van der Waals surface area (Å²) >= 11 is 0. The summed E-state index contributed by atoms with van der Waals surface area (Å²) in [6, 6.07) is 0. The van der Waals surface area contributed by atoms with Crippen LogP contribution in [0, 0.1) is 5.92 Å². The van der Waals surface area contributed by atoms with Gasteiger partial charge in [-0.2, -0.15) is 13.2 Å². The van der Waals surface area contributed by atoms with Crippen molar-refractivity contribution in [3.8, 4) is 0 Å². The van der Waals surface area contributed by atoms with E-state index in [0.29, 0.717) is 25.3 Å². The molecule has 2 rings (SSSR count). The predicted molar refractivity (Wildman–Crippen MR) is 82.8 cm³/mol. The maximum atomic E-state index is 12.8. The molecule has 0 aliphatic carbocycles. The fourth-order valence-electron chi connectivity index (χ4n) is 3.23. The largest absolute Gasteiger partial charge is 0.456 e. The number of hydrogen-bond acceptors (Lipinski definition) is 5. The van der Waals surface area contributed by atoms with Crippen molar-refractivity contribution in [2.75, 3.05) is 6.61 Å². The average Bonchev–Trinajstić information content (AvgIpc) is 3.04. The molecule has 1 N–H and O–H groups in total. The zero-order chi connectivity index (χ0) is 19.2. The lowest BCUT2D eigenvalue weighted by atomic mass is 9.77. The summed E-state index contributed by atoms with van der Waals surface area (Å²) in [5.74, 6) is -0.629. The molecule has 0 aromatic heterocycles. The molecule has 25 heavy (non-hydrogen) atoms. The molecule has 2 saturated heterocycles. The van der Waals surface area contributed by atoms with Gasteiger partial charge in [0, 0.05) is 17.9 Å². The summed E-state index contributed by atoms with van der Waals surface area (Å²) in [4.78, 5) is 11.6. The number of rotatable bonds is 6. The molecule has 0 saturated carbocycles. The van der Waals surface area contributed by atoms with Gasteiger partial charge >= 0.3 is 12.1 Å². The Morgan fingerprint density at radius 1 is 1.24 bits per heavy atom. The molecule has 2 fully saturated rings. The number of halogens is 3. The van der Waals surface area contributed by atoms with E-state index >= 15 is 0 Å². The first kappa shape index (κ1) is 20.2. The van der Waals surface area contributed by atoms with Crippen molar-refractivity contribution in [2.45, 2.75) is 76.2 Å². The summed E-state index contributed by atoms with van der Waals surface area (Å²) < 4.78 is 54.9. The second kappa shape index (κ2) is 6.55. The molecule has 0 radical (unpaired) electrons. The molecular weight excluding hydrogens is 341 g/mol. The van der Waals surface area contributed by atoms with Crippen LogP contribution in [0.5, 0.6) is 0 Å². The molecule has 5 nitrogen and oxygen atoms in total. The highest BCUT2D eigenvalue weighted by Crippen LogP contribution is 2.46. The quantitative estimate of drug-likeness (QED) is 0.578. The number of fused-ring (bicyclic) bond motifs is 2. The molecule has 2 heterocycles. The second-order valence-electron chi connectivity index (χ2n) is 7.68. The van der Waals surface area contributed by atoms with Crippen molar-refractivity contribution in [1.29, 1.82) is 0 Å². The van der Waals surface area contributed by atoms with Crippen LogP contribution in [0.15, 0.2) is 12.2 Å². The van der Waals surface area contributed by atoms with E-state index in [-0.39, 0.29) is 24.2 Å². The van der Waals surface area contributed by atoms with Crippen LogP contribution in [0.2, 0.25) is 0 Å². The first-order chi connectivity index (χ1) is 11.2. The highest BCUT2D eigenvalue weighted by molar-refractivity contribution is 5.87. The molecule has 0 aromatic carbocycles. The van der Waals surface area contributed by atoms with Gasteiger partial charge in [0.15, 0.2) is 5.60 Å². The van der Waals surface area contributed by atoms with Crippen LogP contribution >= 0.6 is 0 Å². The molecule has 5 atom stereocenters. The molecule has 0 spiro atoms. The third-order valence-corrected chi connectivity index (χ3v) is 5.00. The third kappa shape index (κ3) is 4.17. The van der Waals surface area contributed by atoms with Gasteiger partial charge in [0.1, 0.15) is 6.10 Å². The minimum atomic E-state index is -4.77. The number of hydrogen-bond donors (Lipinski definition) is 1. The van der Waals surface area contributed by atoms with Gasteiger partial charge < -0.3 is 19.3 Å². The number of ether oxygens (including phenoxy) is 3. The van der Waals surface area contributed by atoms with Crippen molar-refractivity contribution in [1.82, 2.24) is 0 Å². The molecule has 144 valence electrons. The van der Waals surface area contributed by atoms with E-state index in [1.54, 1.807) is 20.8 Å². The standard InChI is InChI=1S/C17H25F3O5/c1-9(2)14(21)25-13-7-11-10(6-12(13)24-11)15(3,4)23-8-16(5,22)17(18,19)20/h10-13,22H,1,6-8H2,2-5H3. The Hall–Kier alpha value is -1.12. The Morgan fingerprint density at radius 2 is 1.84 bits per heavy atom. The Bertz CT molecular complexity index is 541. The second-order valence-corrected chi connectivity index (χ2v) is 7.68. The predicted octanol–water partition coefficient (Wildman–Crippen LogP) is 2.76. The lowest BCUT2D eigenvalue weighted by molar-refractivity contribution is -0.278. The van der Waals surface area contributed by atoms with Gasteiger partial charge in [-0.05, 0) is 34.1 Å².